The van der Waals surface area contributed by atoms with Gasteiger partial charge in [0.2, 0.25) is 11.8 Å². The number of nitrogens with one attached hydrogen (secondary N) is 1. The lowest BCUT2D eigenvalue weighted by Crippen LogP contribution is -2.36. The van der Waals surface area contributed by atoms with E-state index >= 15 is 0 Å². The highest BCUT2D eigenvalue weighted by Gasteiger charge is 2.35. The van der Waals surface area contributed by atoms with E-state index < -0.39 is 0 Å². The maximum absolute atomic E-state index is 12.5. The number of amides is 2. The summed E-state index contributed by atoms with van der Waals surface area (Å²) >= 11 is 0. The number of nitrogens with two attached hydrogens (primary N) is 1. The van der Waals surface area contributed by atoms with Crippen molar-refractivity contribution in [1.82, 2.24) is 5.32 Å². The fraction of sp³-hybridized carbons (Fsp3) is 0.368. The number of hydrogen-bond acceptors (Lipinski definition) is 3. The van der Waals surface area contributed by atoms with Crippen LogP contribution in [0.5, 0.6) is 0 Å². The van der Waals surface area contributed by atoms with Crippen molar-refractivity contribution in [2.24, 2.45) is 17.6 Å². The van der Waals surface area contributed by atoms with Crippen molar-refractivity contribution in [2.45, 2.75) is 13.3 Å². The van der Waals surface area contributed by atoms with Crippen molar-refractivity contribution in [1.29, 1.82) is 0 Å². The molecule has 1 aliphatic heterocycles. The normalized spacial score (nSPS) is 18.8. The average Bonchev–Trinajstić information content (AvgIpc) is 3.00. The Morgan fingerprint density at radius 2 is 2.04 bits per heavy atom. The molecule has 2 aromatic carbocycles. The van der Waals surface area contributed by atoms with Crippen LogP contribution in [0, 0.1) is 11.8 Å². The molecular formula is C19H23N3O2. The Hall–Kier alpha value is -2.40. The van der Waals surface area contributed by atoms with Gasteiger partial charge >= 0.3 is 0 Å². The van der Waals surface area contributed by atoms with E-state index in [1.54, 1.807) is 4.90 Å². The molecule has 2 unspecified atom stereocenters. The van der Waals surface area contributed by atoms with Gasteiger partial charge in [-0.05, 0) is 23.9 Å². The predicted molar refractivity (Wildman–Crippen MR) is 95.6 cm³/mol. The van der Waals surface area contributed by atoms with Gasteiger partial charge in [0, 0.05) is 24.9 Å². The van der Waals surface area contributed by atoms with E-state index in [-0.39, 0.29) is 30.1 Å². The maximum Gasteiger partial charge on any atom is 0.227 e. The minimum Gasteiger partial charge on any atom is -0.355 e. The number of hydrogen-bond donors (Lipinski definition) is 2. The molecule has 1 heterocycles. The van der Waals surface area contributed by atoms with E-state index in [2.05, 4.69) is 5.32 Å². The molecule has 2 aromatic rings. The van der Waals surface area contributed by atoms with Gasteiger partial charge in [-0.15, -0.1) is 0 Å². The molecule has 0 radical (unpaired) electrons. The third kappa shape index (κ3) is 3.26. The Balaban J connectivity index is 1.76. The number of benzene rings is 2. The minimum absolute atomic E-state index is 0.00150. The molecule has 0 saturated carbocycles. The van der Waals surface area contributed by atoms with Crippen molar-refractivity contribution in [3.8, 4) is 0 Å². The molecule has 3 rings (SSSR count). The second-order valence-electron chi connectivity index (χ2n) is 6.49. The van der Waals surface area contributed by atoms with Crippen LogP contribution in [0.4, 0.5) is 5.69 Å². The number of rotatable bonds is 5. The summed E-state index contributed by atoms with van der Waals surface area (Å²) in [5, 5.41) is 5.03. The molecule has 0 aliphatic carbocycles. The Bertz CT molecular complexity index is 754. The standard InChI is InChI=1S/C19H23N3O2/c1-13(10-20)11-21-19(24)15-9-18(23)22(12-15)17-8-4-6-14-5-2-3-7-16(14)17/h2-8,13,15H,9-12,20H2,1H3,(H,21,24). The van der Waals surface area contributed by atoms with Gasteiger partial charge in [-0.25, -0.2) is 0 Å². The van der Waals surface area contributed by atoms with Crippen molar-refractivity contribution >= 4 is 28.3 Å². The van der Waals surface area contributed by atoms with Crippen molar-refractivity contribution in [3.05, 3.63) is 42.5 Å². The molecule has 0 aromatic heterocycles. The highest BCUT2D eigenvalue weighted by molar-refractivity contribution is 6.06. The number of carbonyl (C=O) groups is 2. The van der Waals surface area contributed by atoms with Crippen molar-refractivity contribution < 1.29 is 9.59 Å². The molecule has 0 bridgehead atoms. The first kappa shape index (κ1) is 16.5. The number of fused-ring (bicyclic) bond motifs is 1. The van der Waals surface area contributed by atoms with E-state index in [9.17, 15) is 9.59 Å². The molecule has 24 heavy (non-hydrogen) atoms. The van der Waals surface area contributed by atoms with Gasteiger partial charge in [-0.3, -0.25) is 9.59 Å². The molecule has 2 atom stereocenters. The van der Waals surface area contributed by atoms with Crippen LogP contribution in [0.1, 0.15) is 13.3 Å². The SMILES string of the molecule is CC(CN)CNC(=O)C1CC(=O)N(c2cccc3ccccc23)C1. The summed E-state index contributed by atoms with van der Waals surface area (Å²) in [7, 11) is 0. The molecule has 5 nitrogen and oxygen atoms in total. The van der Waals surface area contributed by atoms with E-state index in [1.807, 2.05) is 49.4 Å². The molecule has 0 spiro atoms. The summed E-state index contributed by atoms with van der Waals surface area (Å²) in [6.07, 6.45) is 0.256. The molecule has 126 valence electrons. The summed E-state index contributed by atoms with van der Waals surface area (Å²) < 4.78 is 0. The predicted octanol–water partition coefficient (Wildman–Crippen LogP) is 1.90. The van der Waals surface area contributed by atoms with Gasteiger partial charge in [-0.1, -0.05) is 43.3 Å². The highest BCUT2D eigenvalue weighted by atomic mass is 16.2. The lowest BCUT2D eigenvalue weighted by Gasteiger charge is -2.19. The Morgan fingerprint density at radius 3 is 2.83 bits per heavy atom. The highest BCUT2D eigenvalue weighted by Crippen LogP contribution is 2.31. The zero-order chi connectivity index (χ0) is 17.1. The smallest absolute Gasteiger partial charge is 0.227 e. The fourth-order valence-electron chi connectivity index (χ4n) is 3.06. The molecule has 5 heteroatoms. The maximum atomic E-state index is 12.5. The fourth-order valence-corrected chi connectivity index (χ4v) is 3.06. The minimum atomic E-state index is -0.304. The third-order valence-electron chi connectivity index (χ3n) is 4.58. The van der Waals surface area contributed by atoms with Crippen LogP contribution >= 0.6 is 0 Å². The second kappa shape index (κ2) is 7.01. The van der Waals surface area contributed by atoms with E-state index in [4.69, 9.17) is 5.73 Å². The van der Waals surface area contributed by atoms with Crippen LogP contribution in [-0.4, -0.2) is 31.4 Å². The summed E-state index contributed by atoms with van der Waals surface area (Å²) in [5.74, 6) is -0.133. The second-order valence-corrected chi connectivity index (χ2v) is 6.49. The van der Waals surface area contributed by atoms with Crippen LogP contribution in [0.2, 0.25) is 0 Å². The van der Waals surface area contributed by atoms with Crippen LogP contribution in [0.25, 0.3) is 10.8 Å². The lowest BCUT2D eigenvalue weighted by atomic mass is 10.1. The first-order valence-corrected chi connectivity index (χ1v) is 8.36. The van der Waals surface area contributed by atoms with Gasteiger partial charge in [0.15, 0.2) is 0 Å². The summed E-state index contributed by atoms with van der Waals surface area (Å²) in [6.45, 7) is 3.50. The van der Waals surface area contributed by atoms with E-state index in [0.717, 1.165) is 16.5 Å². The summed E-state index contributed by atoms with van der Waals surface area (Å²) in [6, 6.07) is 13.9. The monoisotopic (exact) mass is 325 g/mol. The molecule has 1 aliphatic rings. The Morgan fingerprint density at radius 1 is 1.29 bits per heavy atom. The van der Waals surface area contributed by atoms with E-state index in [1.165, 1.54) is 0 Å². The number of anilines is 1. The van der Waals surface area contributed by atoms with Gasteiger partial charge in [0.1, 0.15) is 0 Å². The molecule has 3 N–H and O–H groups in total. The number of carbonyl (C=O) groups excluding carboxylic acids is 2. The lowest BCUT2D eigenvalue weighted by molar-refractivity contribution is -0.126. The van der Waals surface area contributed by atoms with Gasteiger partial charge in [0.25, 0.3) is 0 Å². The first-order valence-electron chi connectivity index (χ1n) is 8.36. The Kier molecular flexibility index (Phi) is 4.81. The number of nitrogens with zero attached hydrogens (tertiary/aromatic N) is 1. The summed E-state index contributed by atoms with van der Waals surface area (Å²) in [5.41, 5.74) is 6.45. The molecular weight excluding hydrogens is 302 g/mol. The topological polar surface area (TPSA) is 75.4 Å². The quantitative estimate of drug-likeness (QED) is 0.881. The van der Waals surface area contributed by atoms with Crippen LogP contribution in [0.3, 0.4) is 0 Å². The average molecular weight is 325 g/mol. The summed E-state index contributed by atoms with van der Waals surface area (Å²) in [4.78, 5) is 26.5. The van der Waals surface area contributed by atoms with Crippen LogP contribution in [-0.2, 0) is 9.59 Å². The Labute approximate surface area is 141 Å². The van der Waals surface area contributed by atoms with Crippen molar-refractivity contribution in [3.63, 3.8) is 0 Å². The molecule has 1 saturated heterocycles. The van der Waals surface area contributed by atoms with Crippen LogP contribution in [0.15, 0.2) is 42.5 Å². The zero-order valence-corrected chi connectivity index (χ0v) is 13.9. The van der Waals surface area contributed by atoms with Gasteiger partial charge < -0.3 is 16.0 Å². The zero-order valence-electron chi connectivity index (χ0n) is 13.9. The molecule has 1 fully saturated rings. The molecule has 2 amide bonds. The first-order chi connectivity index (χ1) is 11.6. The largest absolute Gasteiger partial charge is 0.355 e. The van der Waals surface area contributed by atoms with Crippen LogP contribution < -0.4 is 16.0 Å². The van der Waals surface area contributed by atoms with Gasteiger partial charge in [0.05, 0.1) is 11.6 Å². The van der Waals surface area contributed by atoms with E-state index in [0.29, 0.717) is 19.6 Å². The third-order valence-corrected chi connectivity index (χ3v) is 4.58. The van der Waals surface area contributed by atoms with Gasteiger partial charge in [-0.2, -0.15) is 0 Å². The van der Waals surface area contributed by atoms with Crippen molar-refractivity contribution in [2.75, 3.05) is 24.5 Å².